The molecule has 0 aromatic heterocycles. The van der Waals surface area contributed by atoms with Gasteiger partial charge >= 0.3 is 24.8 Å². The van der Waals surface area contributed by atoms with Crippen molar-refractivity contribution < 1.29 is 33.6 Å². The number of nitrogens with zero attached hydrogens (tertiary/aromatic N) is 1. The van der Waals surface area contributed by atoms with E-state index < -0.39 is 5.97 Å². The summed E-state index contributed by atoms with van der Waals surface area (Å²) in [5.41, 5.74) is 0. The average molecular weight is 321 g/mol. The fourth-order valence-electron chi connectivity index (χ4n) is 2.13. The molecule has 0 aliphatic rings. The number of aliphatic carboxylic acids is 1. The van der Waals surface area contributed by atoms with Crippen LogP contribution in [0, 0.1) is 0 Å². The number of rotatable bonds is 12. The van der Waals surface area contributed by atoms with E-state index in [2.05, 4.69) is 39.9 Å². The Morgan fingerprint density at radius 1 is 0.870 bits per heavy atom. The number of hydrogen-bond acceptors (Lipinski definition) is 2. The van der Waals surface area contributed by atoms with E-state index in [9.17, 15) is 9.59 Å². The van der Waals surface area contributed by atoms with E-state index in [-0.39, 0.29) is 31.1 Å². The molecule has 0 fully saturated rings. The number of carboxylic acid groups (broad SMARTS) is 1. The van der Waals surface area contributed by atoms with E-state index in [1.165, 1.54) is 32.1 Å². The summed E-state index contributed by atoms with van der Waals surface area (Å²) in [6.07, 6.45) is 8.24. The fraction of sp³-hybridized carbons (Fsp3) is 0.889. The van der Waals surface area contributed by atoms with Crippen molar-refractivity contribution in [2.75, 3.05) is 0 Å². The van der Waals surface area contributed by atoms with Crippen LogP contribution >= 0.6 is 0 Å². The first-order valence-electron chi connectivity index (χ1n) is 8.73. The Bertz CT molecular complexity index is 275. The number of hydrogen-bond donors (Lipinski definition) is 1. The minimum Gasteiger partial charge on any atom is -0.658 e. The summed E-state index contributed by atoms with van der Waals surface area (Å²) in [6.45, 7) is 10.6. The van der Waals surface area contributed by atoms with Crippen molar-refractivity contribution in [1.82, 2.24) is 0 Å². The Morgan fingerprint density at radius 3 is 1.65 bits per heavy atom. The molecule has 1 N–H and O–H groups in total. The second-order valence-electron chi connectivity index (χ2n) is 6.32. The Kier molecular flexibility index (Phi) is 23.6. The minimum atomic E-state index is -1.01. The van der Waals surface area contributed by atoms with Gasteiger partial charge in [0.1, 0.15) is 12.2 Å². The third-order valence-corrected chi connectivity index (χ3v) is 3.00. The Hall–Kier alpha value is -0.303. The van der Waals surface area contributed by atoms with E-state index >= 15 is 0 Å². The standard InChI is InChI=1S/C12H22O3.C6H14N.Li/c1-2-3-4-5-6-7-8-9-11(13)10-12(14)15;1-5(2)7-6(3)4;/h2-10H2,1H3,(H,14,15);5-6H,1-4H3;/q;-1;+1. The summed E-state index contributed by atoms with van der Waals surface area (Å²) in [7, 11) is 0. The van der Waals surface area contributed by atoms with Crippen molar-refractivity contribution in [2.24, 2.45) is 0 Å². The Morgan fingerprint density at radius 2 is 1.30 bits per heavy atom. The molecule has 5 heteroatoms. The minimum absolute atomic E-state index is 0. The molecule has 0 saturated heterocycles. The second-order valence-corrected chi connectivity index (χ2v) is 6.32. The monoisotopic (exact) mass is 321 g/mol. The second kappa shape index (κ2) is 19.7. The molecule has 4 nitrogen and oxygen atoms in total. The summed E-state index contributed by atoms with van der Waals surface area (Å²) >= 11 is 0. The molecular formula is C18H36LiNO3. The molecule has 0 unspecified atom stereocenters. The van der Waals surface area contributed by atoms with Gasteiger partial charge in [0.2, 0.25) is 0 Å². The molecule has 0 aromatic rings. The van der Waals surface area contributed by atoms with Crippen molar-refractivity contribution in [2.45, 2.75) is 104 Å². The third-order valence-electron chi connectivity index (χ3n) is 3.00. The molecule has 0 rings (SSSR count). The molecule has 0 atom stereocenters. The molecule has 0 radical (unpaired) electrons. The van der Waals surface area contributed by atoms with Crippen molar-refractivity contribution in [3.8, 4) is 0 Å². The maximum atomic E-state index is 11.0. The first-order valence-corrected chi connectivity index (χ1v) is 8.73. The maximum Gasteiger partial charge on any atom is 1.00 e. The molecule has 23 heavy (non-hydrogen) atoms. The van der Waals surface area contributed by atoms with Gasteiger partial charge in [-0.25, -0.2) is 0 Å². The molecule has 0 spiro atoms. The van der Waals surface area contributed by atoms with Gasteiger partial charge in [0.25, 0.3) is 0 Å². The number of ketones is 1. The van der Waals surface area contributed by atoms with Crippen LogP contribution in [-0.4, -0.2) is 28.9 Å². The molecule has 0 bridgehead atoms. The van der Waals surface area contributed by atoms with Gasteiger partial charge in [-0.15, -0.1) is 12.1 Å². The van der Waals surface area contributed by atoms with Crippen LogP contribution in [0.5, 0.6) is 0 Å². The fourth-order valence-corrected chi connectivity index (χ4v) is 2.13. The van der Waals surface area contributed by atoms with Crippen LogP contribution in [0.25, 0.3) is 5.32 Å². The van der Waals surface area contributed by atoms with Gasteiger partial charge in [0.15, 0.2) is 0 Å². The maximum absolute atomic E-state index is 11.0. The molecule has 0 saturated carbocycles. The zero-order valence-electron chi connectivity index (χ0n) is 16.2. The van der Waals surface area contributed by atoms with Crippen LogP contribution in [0.3, 0.4) is 0 Å². The predicted molar refractivity (Wildman–Crippen MR) is 93.5 cm³/mol. The van der Waals surface area contributed by atoms with E-state index in [0.29, 0.717) is 18.5 Å². The summed E-state index contributed by atoms with van der Waals surface area (Å²) in [4.78, 5) is 21.2. The van der Waals surface area contributed by atoms with Crippen LogP contribution in [0.4, 0.5) is 0 Å². The zero-order valence-corrected chi connectivity index (χ0v) is 16.2. The topological polar surface area (TPSA) is 68.5 Å². The normalized spacial score (nSPS) is 10.0. The van der Waals surface area contributed by atoms with Gasteiger partial charge in [0, 0.05) is 6.42 Å². The number of unbranched alkanes of at least 4 members (excludes halogenated alkanes) is 6. The van der Waals surface area contributed by atoms with Crippen LogP contribution < -0.4 is 18.9 Å². The Labute approximate surface area is 155 Å². The van der Waals surface area contributed by atoms with E-state index in [0.717, 1.165) is 12.8 Å². The average Bonchev–Trinajstić information content (AvgIpc) is 2.36. The molecule has 0 heterocycles. The summed E-state index contributed by atoms with van der Waals surface area (Å²) in [6, 6.07) is 1.000. The van der Waals surface area contributed by atoms with Gasteiger partial charge in [-0.3, -0.25) is 9.59 Å². The predicted octanol–water partition coefficient (Wildman–Crippen LogP) is 2.35. The molecular weight excluding hydrogens is 285 g/mol. The van der Waals surface area contributed by atoms with Gasteiger partial charge < -0.3 is 10.4 Å². The van der Waals surface area contributed by atoms with Crippen molar-refractivity contribution in [3.05, 3.63) is 5.32 Å². The van der Waals surface area contributed by atoms with E-state index in [1.807, 2.05) is 0 Å². The summed E-state index contributed by atoms with van der Waals surface area (Å²) in [5, 5.41) is 12.6. The van der Waals surface area contributed by atoms with Crippen LogP contribution in [0.15, 0.2) is 0 Å². The Balaban J connectivity index is -0.000000425. The first-order chi connectivity index (χ1) is 10.3. The SMILES string of the molecule is CC(C)[N-]C(C)C.CCCCCCCCCC(=O)CC(=O)O.[Li+]. The molecule has 0 aliphatic carbocycles. The third kappa shape index (κ3) is 30.2. The van der Waals surface area contributed by atoms with Gasteiger partial charge in [-0.2, -0.15) is 0 Å². The van der Waals surface area contributed by atoms with E-state index in [4.69, 9.17) is 5.11 Å². The van der Waals surface area contributed by atoms with Crippen molar-refractivity contribution in [3.63, 3.8) is 0 Å². The first kappa shape index (κ1) is 27.5. The molecule has 0 aromatic carbocycles. The van der Waals surface area contributed by atoms with E-state index in [1.54, 1.807) is 0 Å². The quantitative estimate of drug-likeness (QED) is 0.341. The molecule has 0 amide bonds. The van der Waals surface area contributed by atoms with Gasteiger partial charge in [-0.1, -0.05) is 73.1 Å². The van der Waals surface area contributed by atoms with Crippen LogP contribution in [0.2, 0.25) is 0 Å². The van der Waals surface area contributed by atoms with Gasteiger partial charge in [-0.05, 0) is 6.42 Å². The smallest absolute Gasteiger partial charge is 0.658 e. The molecule has 0 aliphatic heterocycles. The van der Waals surface area contributed by atoms with Crippen molar-refractivity contribution in [1.29, 1.82) is 0 Å². The number of carbonyl (C=O) groups is 2. The summed E-state index contributed by atoms with van der Waals surface area (Å²) in [5.74, 6) is -1.15. The van der Waals surface area contributed by atoms with Crippen LogP contribution in [-0.2, 0) is 9.59 Å². The van der Waals surface area contributed by atoms with Crippen molar-refractivity contribution >= 4 is 11.8 Å². The number of carbonyl (C=O) groups excluding carboxylic acids is 1. The zero-order chi connectivity index (χ0) is 17.4. The molecule has 132 valence electrons. The van der Waals surface area contributed by atoms with Gasteiger partial charge in [0.05, 0.1) is 0 Å². The van der Waals surface area contributed by atoms with Crippen LogP contribution in [0.1, 0.15) is 92.4 Å². The largest absolute Gasteiger partial charge is 1.00 e. The summed E-state index contributed by atoms with van der Waals surface area (Å²) < 4.78 is 0. The number of Topliss-reactive ketones (excluding diaryl/α,β-unsaturated/α-hetero) is 1. The number of carboxylic acids is 1.